The van der Waals surface area contributed by atoms with Gasteiger partial charge in [0.1, 0.15) is 5.69 Å². The molecule has 0 aliphatic carbocycles. The Bertz CT molecular complexity index is 1050. The largest absolute Gasteiger partial charge is 0.481 e. The number of aromatic nitrogens is 3. The van der Waals surface area contributed by atoms with E-state index in [2.05, 4.69) is 10.1 Å². The number of nitrogens with zero attached hydrogens (tertiary/aromatic N) is 4. The van der Waals surface area contributed by atoms with E-state index in [1.54, 1.807) is 46.0 Å². The van der Waals surface area contributed by atoms with Crippen LogP contribution in [0, 0.1) is 0 Å². The number of ether oxygens (including phenoxy) is 1. The average Bonchev–Trinajstić information content (AvgIpc) is 3.08. The molecular weight excluding hydrogens is 394 g/mol. The first-order chi connectivity index (χ1) is 13.5. The highest BCUT2D eigenvalue weighted by Gasteiger charge is 2.33. The van der Waals surface area contributed by atoms with Crippen molar-refractivity contribution in [2.75, 3.05) is 17.7 Å². The zero-order chi connectivity index (χ0) is 19.8. The van der Waals surface area contributed by atoms with Crippen molar-refractivity contribution in [3.8, 4) is 5.88 Å². The number of rotatable bonds is 4. The van der Waals surface area contributed by atoms with Gasteiger partial charge in [-0.05, 0) is 37.3 Å². The van der Waals surface area contributed by atoms with Crippen LogP contribution in [0.25, 0.3) is 0 Å². The van der Waals surface area contributed by atoms with Gasteiger partial charge in [-0.15, -0.1) is 12.4 Å². The number of carbonyl (C=O) groups is 2. The summed E-state index contributed by atoms with van der Waals surface area (Å²) in [5, 5.41) is 4.15. The van der Waals surface area contributed by atoms with Crippen LogP contribution in [0.4, 0.5) is 11.4 Å². The summed E-state index contributed by atoms with van der Waals surface area (Å²) < 4.78 is 6.64. The second kappa shape index (κ2) is 7.92. The second-order valence-corrected chi connectivity index (χ2v) is 6.62. The highest BCUT2D eigenvalue weighted by molar-refractivity contribution is 6.11. The third-order valence-corrected chi connectivity index (χ3v) is 4.78. The van der Waals surface area contributed by atoms with Crippen LogP contribution < -0.4 is 15.4 Å². The van der Waals surface area contributed by atoms with E-state index >= 15 is 0 Å². The Balaban J connectivity index is 0.00000240. The molecule has 2 N–H and O–H groups in total. The molecule has 0 unspecified atom stereocenters. The Morgan fingerprint density at radius 1 is 1.14 bits per heavy atom. The third-order valence-electron chi connectivity index (χ3n) is 4.78. The molecule has 0 spiro atoms. The van der Waals surface area contributed by atoms with Gasteiger partial charge in [-0.2, -0.15) is 5.10 Å². The van der Waals surface area contributed by atoms with E-state index in [0.717, 1.165) is 0 Å². The Kier molecular flexibility index (Phi) is 5.56. The van der Waals surface area contributed by atoms with E-state index in [-0.39, 0.29) is 30.1 Å². The van der Waals surface area contributed by atoms with Gasteiger partial charge in [0.15, 0.2) is 5.78 Å². The van der Waals surface area contributed by atoms with Crippen molar-refractivity contribution >= 4 is 35.5 Å². The van der Waals surface area contributed by atoms with Gasteiger partial charge in [-0.3, -0.25) is 14.3 Å². The SMILES string of the molecule is COc1ccc(C(=O)c2ccc(N3C(=O)c4c(N)cnn4C[C@@H]3C)cc2)cn1.Cl. The van der Waals surface area contributed by atoms with Crippen molar-refractivity contribution in [2.24, 2.45) is 0 Å². The normalized spacial score (nSPS) is 15.4. The molecule has 2 aromatic heterocycles. The zero-order valence-electron chi connectivity index (χ0n) is 15.9. The number of fused-ring (bicyclic) bond motifs is 1. The molecule has 1 aliphatic rings. The smallest absolute Gasteiger partial charge is 0.279 e. The van der Waals surface area contributed by atoms with Crippen LogP contribution in [-0.4, -0.2) is 39.6 Å². The first-order valence-electron chi connectivity index (χ1n) is 8.79. The summed E-state index contributed by atoms with van der Waals surface area (Å²) in [6.07, 6.45) is 2.98. The molecule has 0 saturated carbocycles. The number of ketones is 1. The number of benzene rings is 1. The Morgan fingerprint density at radius 3 is 2.45 bits per heavy atom. The van der Waals surface area contributed by atoms with Crippen molar-refractivity contribution in [3.63, 3.8) is 0 Å². The lowest BCUT2D eigenvalue weighted by Crippen LogP contribution is -2.47. The average molecular weight is 414 g/mol. The summed E-state index contributed by atoms with van der Waals surface area (Å²) in [5.74, 6) is 0.0947. The third kappa shape index (κ3) is 3.54. The maximum atomic E-state index is 12.9. The minimum Gasteiger partial charge on any atom is -0.481 e. The Morgan fingerprint density at radius 2 is 1.83 bits per heavy atom. The van der Waals surface area contributed by atoms with E-state index < -0.39 is 0 Å². The number of methoxy groups -OCH3 is 1. The molecule has 0 saturated heterocycles. The topological polar surface area (TPSA) is 103 Å². The van der Waals surface area contributed by atoms with Gasteiger partial charge in [-0.1, -0.05) is 0 Å². The predicted molar refractivity (Wildman–Crippen MR) is 111 cm³/mol. The van der Waals surface area contributed by atoms with Crippen molar-refractivity contribution < 1.29 is 14.3 Å². The molecule has 1 aromatic carbocycles. The molecule has 1 amide bonds. The molecule has 1 aliphatic heterocycles. The van der Waals surface area contributed by atoms with Gasteiger partial charge in [0.05, 0.1) is 31.6 Å². The fourth-order valence-electron chi connectivity index (χ4n) is 3.37. The summed E-state index contributed by atoms with van der Waals surface area (Å²) in [7, 11) is 1.52. The highest BCUT2D eigenvalue weighted by Crippen LogP contribution is 2.28. The number of nitrogens with two attached hydrogens (primary N) is 1. The number of amides is 1. The summed E-state index contributed by atoms with van der Waals surface area (Å²) in [5.41, 5.74) is 8.33. The molecule has 8 nitrogen and oxygen atoms in total. The van der Waals surface area contributed by atoms with E-state index in [1.165, 1.54) is 19.5 Å². The summed E-state index contributed by atoms with van der Waals surface area (Å²) in [4.78, 5) is 31.3. The number of halogens is 1. The van der Waals surface area contributed by atoms with Gasteiger partial charge < -0.3 is 15.4 Å². The highest BCUT2D eigenvalue weighted by atomic mass is 35.5. The summed E-state index contributed by atoms with van der Waals surface area (Å²) >= 11 is 0. The van der Waals surface area contributed by atoms with Crippen LogP contribution >= 0.6 is 12.4 Å². The van der Waals surface area contributed by atoms with Crippen molar-refractivity contribution in [1.29, 1.82) is 0 Å². The molecule has 0 bridgehead atoms. The minimum absolute atomic E-state index is 0. The van der Waals surface area contributed by atoms with Crippen LogP contribution in [0.15, 0.2) is 48.8 Å². The molecule has 0 fully saturated rings. The fourth-order valence-corrected chi connectivity index (χ4v) is 3.37. The molecule has 3 heterocycles. The summed E-state index contributed by atoms with van der Waals surface area (Å²) in [6.45, 7) is 2.50. The molecule has 150 valence electrons. The monoisotopic (exact) mass is 413 g/mol. The molecule has 0 radical (unpaired) electrons. The lowest BCUT2D eigenvalue weighted by molar-refractivity contribution is 0.0947. The van der Waals surface area contributed by atoms with E-state index in [1.807, 2.05) is 6.92 Å². The Labute approximate surface area is 173 Å². The minimum atomic E-state index is -0.202. The summed E-state index contributed by atoms with van der Waals surface area (Å²) in [6, 6.07) is 10.2. The van der Waals surface area contributed by atoms with Crippen LogP contribution in [0.1, 0.15) is 33.3 Å². The number of hydrogen-bond donors (Lipinski definition) is 1. The van der Waals surface area contributed by atoms with Crippen LogP contribution in [0.5, 0.6) is 5.88 Å². The van der Waals surface area contributed by atoms with E-state index in [0.29, 0.717) is 40.6 Å². The predicted octanol–water partition coefficient (Wildman–Crippen LogP) is 2.57. The number of hydrogen-bond acceptors (Lipinski definition) is 6. The Hall–Kier alpha value is -3.39. The molecular formula is C20H20ClN5O3. The van der Waals surface area contributed by atoms with Crippen LogP contribution in [-0.2, 0) is 6.54 Å². The lowest BCUT2D eigenvalue weighted by Gasteiger charge is -2.34. The molecule has 4 rings (SSSR count). The maximum absolute atomic E-state index is 12.9. The maximum Gasteiger partial charge on any atom is 0.279 e. The van der Waals surface area contributed by atoms with Gasteiger partial charge in [0, 0.05) is 29.1 Å². The number of pyridine rings is 1. The zero-order valence-corrected chi connectivity index (χ0v) is 16.7. The quantitative estimate of drug-likeness (QED) is 0.659. The first-order valence-corrected chi connectivity index (χ1v) is 8.79. The molecule has 29 heavy (non-hydrogen) atoms. The molecule has 9 heteroatoms. The van der Waals surface area contributed by atoms with Gasteiger partial charge in [0.2, 0.25) is 5.88 Å². The number of anilines is 2. The number of nitrogen functional groups attached to an aromatic ring is 1. The molecule has 1 atom stereocenters. The standard InChI is InChI=1S/C20H19N5O3.ClH/c1-12-11-24-18(16(21)10-23-24)20(27)25(12)15-6-3-13(4-7-15)19(26)14-5-8-17(28-2)22-9-14;/h3-10,12H,11,21H2,1-2H3;1H/t12-;/m0./s1. The van der Waals surface area contributed by atoms with E-state index in [4.69, 9.17) is 10.5 Å². The first kappa shape index (κ1) is 20.3. The van der Waals surface area contributed by atoms with E-state index in [9.17, 15) is 9.59 Å². The van der Waals surface area contributed by atoms with Gasteiger partial charge in [0.25, 0.3) is 5.91 Å². The lowest BCUT2D eigenvalue weighted by atomic mass is 10.0. The molecule has 3 aromatic rings. The van der Waals surface area contributed by atoms with Gasteiger partial charge in [-0.25, -0.2) is 4.98 Å². The van der Waals surface area contributed by atoms with Crippen LogP contribution in [0.3, 0.4) is 0 Å². The van der Waals surface area contributed by atoms with Crippen molar-refractivity contribution in [2.45, 2.75) is 19.5 Å². The van der Waals surface area contributed by atoms with Crippen molar-refractivity contribution in [3.05, 3.63) is 65.6 Å². The van der Waals surface area contributed by atoms with Crippen molar-refractivity contribution in [1.82, 2.24) is 14.8 Å². The number of carbonyl (C=O) groups excluding carboxylic acids is 2. The van der Waals surface area contributed by atoms with Gasteiger partial charge >= 0.3 is 0 Å². The fraction of sp³-hybridized carbons (Fsp3) is 0.200. The van der Waals surface area contributed by atoms with Crippen LogP contribution in [0.2, 0.25) is 0 Å². The second-order valence-electron chi connectivity index (χ2n) is 6.62.